The van der Waals surface area contributed by atoms with Crippen molar-refractivity contribution in [3.05, 3.63) is 77.6 Å². The van der Waals surface area contributed by atoms with Crippen LogP contribution in [0.4, 0.5) is 5.82 Å². The summed E-state index contributed by atoms with van der Waals surface area (Å²) in [4.78, 5) is 9.05. The summed E-state index contributed by atoms with van der Waals surface area (Å²) in [5.74, 6) is 1.18. The van der Waals surface area contributed by atoms with E-state index in [1.54, 1.807) is 0 Å². The van der Waals surface area contributed by atoms with Crippen molar-refractivity contribution in [2.24, 2.45) is 0 Å². The molecule has 0 amide bonds. The van der Waals surface area contributed by atoms with Gasteiger partial charge in [0.05, 0.1) is 5.69 Å². The Morgan fingerprint density at radius 1 is 1.00 bits per heavy atom. The van der Waals surface area contributed by atoms with Gasteiger partial charge in [-0.25, -0.2) is 4.98 Å². The van der Waals surface area contributed by atoms with E-state index < -0.39 is 0 Å². The molecule has 0 saturated carbocycles. The van der Waals surface area contributed by atoms with E-state index in [-0.39, 0.29) is 0 Å². The van der Waals surface area contributed by atoms with Crippen LogP contribution in [0.2, 0.25) is 0 Å². The minimum Gasteiger partial charge on any atom is -0.384 e. The molecular weight excluding hydrogens is 320 g/mol. The number of anilines is 1. The molecule has 1 fully saturated rings. The summed E-state index contributed by atoms with van der Waals surface area (Å²) >= 11 is 0. The molecular formula is C22H24N4. The summed E-state index contributed by atoms with van der Waals surface area (Å²) in [6.45, 7) is 2.19. The Hall–Kier alpha value is -2.72. The molecule has 2 aromatic heterocycles. The number of aromatic nitrogens is 2. The van der Waals surface area contributed by atoms with Crippen molar-refractivity contribution in [3.63, 3.8) is 0 Å². The highest BCUT2D eigenvalue weighted by Crippen LogP contribution is 2.31. The van der Waals surface area contributed by atoms with Crippen LogP contribution < -0.4 is 11.1 Å². The lowest BCUT2D eigenvalue weighted by Gasteiger charge is -2.24. The van der Waals surface area contributed by atoms with Crippen LogP contribution in [-0.4, -0.2) is 23.1 Å². The minimum atomic E-state index is 0.550. The molecule has 3 aromatic rings. The van der Waals surface area contributed by atoms with E-state index in [0.29, 0.717) is 11.7 Å². The highest BCUT2D eigenvalue weighted by atomic mass is 14.9. The molecule has 26 heavy (non-hydrogen) atoms. The predicted molar refractivity (Wildman–Crippen MR) is 106 cm³/mol. The number of benzene rings is 1. The first-order valence-corrected chi connectivity index (χ1v) is 9.26. The van der Waals surface area contributed by atoms with E-state index >= 15 is 0 Å². The number of pyridine rings is 2. The average molecular weight is 344 g/mol. The van der Waals surface area contributed by atoms with Crippen LogP contribution in [0, 0.1) is 0 Å². The number of nitrogens with one attached hydrogen (secondary N) is 1. The lowest BCUT2D eigenvalue weighted by atomic mass is 9.87. The van der Waals surface area contributed by atoms with E-state index in [1.165, 1.54) is 24.0 Å². The van der Waals surface area contributed by atoms with Crippen molar-refractivity contribution >= 4 is 5.82 Å². The number of hydrogen-bond donors (Lipinski definition) is 2. The summed E-state index contributed by atoms with van der Waals surface area (Å²) in [6, 6.07) is 18.7. The fraction of sp³-hybridized carbons (Fsp3) is 0.273. The van der Waals surface area contributed by atoms with Gasteiger partial charge in [-0.1, -0.05) is 30.3 Å². The lowest BCUT2D eigenvalue weighted by molar-refractivity contribution is 0.460. The van der Waals surface area contributed by atoms with E-state index in [9.17, 15) is 0 Å². The van der Waals surface area contributed by atoms with Crippen molar-refractivity contribution < 1.29 is 0 Å². The number of hydrogen-bond acceptors (Lipinski definition) is 4. The van der Waals surface area contributed by atoms with Gasteiger partial charge in [0.15, 0.2) is 0 Å². The van der Waals surface area contributed by atoms with Crippen molar-refractivity contribution in [3.8, 4) is 11.3 Å². The molecule has 3 N–H and O–H groups in total. The summed E-state index contributed by atoms with van der Waals surface area (Å²) in [7, 11) is 0. The molecule has 1 aliphatic rings. The van der Waals surface area contributed by atoms with Crippen LogP contribution in [-0.2, 0) is 6.42 Å². The van der Waals surface area contributed by atoms with Crippen molar-refractivity contribution in [2.45, 2.75) is 25.2 Å². The molecule has 1 aliphatic heterocycles. The topological polar surface area (TPSA) is 63.8 Å². The molecule has 4 nitrogen and oxygen atoms in total. The zero-order chi connectivity index (χ0) is 17.8. The molecule has 132 valence electrons. The van der Waals surface area contributed by atoms with Gasteiger partial charge < -0.3 is 11.1 Å². The molecule has 0 spiro atoms. The van der Waals surface area contributed by atoms with Gasteiger partial charge in [-0.05, 0) is 67.2 Å². The molecule has 0 bridgehead atoms. The summed E-state index contributed by atoms with van der Waals surface area (Å²) in [5.41, 5.74) is 11.7. The van der Waals surface area contributed by atoms with Gasteiger partial charge in [-0.3, -0.25) is 4.98 Å². The maximum Gasteiger partial charge on any atom is 0.124 e. The molecule has 0 radical (unpaired) electrons. The van der Waals surface area contributed by atoms with Gasteiger partial charge in [0.25, 0.3) is 0 Å². The minimum absolute atomic E-state index is 0.550. The molecule has 0 unspecified atom stereocenters. The Morgan fingerprint density at radius 2 is 1.88 bits per heavy atom. The third kappa shape index (κ3) is 3.75. The van der Waals surface area contributed by atoms with Gasteiger partial charge in [0.1, 0.15) is 5.82 Å². The molecule has 4 rings (SSSR count). The van der Waals surface area contributed by atoms with E-state index in [0.717, 1.165) is 36.5 Å². The molecule has 4 heteroatoms. The number of nitrogens with two attached hydrogens (primary N) is 1. The summed E-state index contributed by atoms with van der Waals surface area (Å²) in [5, 5.41) is 3.45. The third-order valence-electron chi connectivity index (χ3n) is 5.08. The van der Waals surface area contributed by atoms with Gasteiger partial charge in [-0.15, -0.1) is 0 Å². The SMILES string of the molecule is Nc1cccc(-c2ccc(C3CCNCC3)cc2Cc2ccccn2)n1. The fourth-order valence-corrected chi connectivity index (χ4v) is 3.72. The Morgan fingerprint density at radius 3 is 2.65 bits per heavy atom. The monoisotopic (exact) mass is 344 g/mol. The zero-order valence-electron chi connectivity index (χ0n) is 14.9. The predicted octanol–water partition coefficient (Wildman–Crippen LogP) is 3.78. The maximum absolute atomic E-state index is 5.92. The van der Waals surface area contributed by atoms with Gasteiger partial charge in [-0.2, -0.15) is 0 Å². The van der Waals surface area contributed by atoms with Crippen LogP contribution in [0.3, 0.4) is 0 Å². The van der Waals surface area contributed by atoms with E-state index in [2.05, 4.69) is 39.6 Å². The average Bonchev–Trinajstić information content (AvgIpc) is 2.69. The second-order valence-electron chi connectivity index (χ2n) is 6.89. The lowest BCUT2D eigenvalue weighted by Crippen LogP contribution is -2.26. The molecule has 1 aromatic carbocycles. The number of nitrogen functional groups attached to an aromatic ring is 1. The Balaban J connectivity index is 1.74. The number of piperidine rings is 1. The quantitative estimate of drug-likeness (QED) is 0.756. The summed E-state index contributed by atoms with van der Waals surface area (Å²) < 4.78 is 0. The van der Waals surface area contributed by atoms with Crippen molar-refractivity contribution in [1.82, 2.24) is 15.3 Å². The van der Waals surface area contributed by atoms with Crippen LogP contribution in [0.25, 0.3) is 11.3 Å². The number of rotatable bonds is 4. The highest BCUT2D eigenvalue weighted by Gasteiger charge is 2.17. The van der Waals surface area contributed by atoms with Crippen LogP contribution in [0.15, 0.2) is 60.8 Å². The molecule has 0 atom stereocenters. The first kappa shape index (κ1) is 16.7. The second kappa shape index (κ2) is 7.67. The number of nitrogens with zero attached hydrogens (tertiary/aromatic N) is 2. The Labute approximate surface area is 154 Å². The maximum atomic E-state index is 5.92. The summed E-state index contributed by atoms with van der Waals surface area (Å²) in [6.07, 6.45) is 5.04. The van der Waals surface area contributed by atoms with Crippen LogP contribution >= 0.6 is 0 Å². The van der Waals surface area contributed by atoms with E-state index in [1.807, 2.05) is 36.5 Å². The largest absolute Gasteiger partial charge is 0.384 e. The van der Waals surface area contributed by atoms with E-state index in [4.69, 9.17) is 5.73 Å². The highest BCUT2D eigenvalue weighted by molar-refractivity contribution is 5.66. The van der Waals surface area contributed by atoms with Crippen LogP contribution in [0.5, 0.6) is 0 Å². The Kier molecular flexibility index (Phi) is 4.93. The first-order chi connectivity index (χ1) is 12.8. The van der Waals surface area contributed by atoms with Crippen LogP contribution in [0.1, 0.15) is 35.6 Å². The van der Waals surface area contributed by atoms with Gasteiger partial charge >= 0.3 is 0 Å². The van der Waals surface area contributed by atoms with Gasteiger partial charge in [0, 0.05) is 23.9 Å². The normalized spacial score (nSPS) is 15.1. The second-order valence-corrected chi connectivity index (χ2v) is 6.89. The van der Waals surface area contributed by atoms with Crippen molar-refractivity contribution in [1.29, 1.82) is 0 Å². The molecule has 1 saturated heterocycles. The fourth-order valence-electron chi connectivity index (χ4n) is 3.72. The van der Waals surface area contributed by atoms with Crippen molar-refractivity contribution in [2.75, 3.05) is 18.8 Å². The molecule has 0 aliphatic carbocycles. The third-order valence-corrected chi connectivity index (χ3v) is 5.08. The Bertz CT molecular complexity index is 870. The zero-order valence-corrected chi connectivity index (χ0v) is 14.9. The van der Waals surface area contributed by atoms with Gasteiger partial charge in [0.2, 0.25) is 0 Å². The standard InChI is InChI=1S/C22H24N4/c23-22-6-3-5-21(26-22)20-8-7-17(16-9-12-24-13-10-16)14-18(20)15-19-4-1-2-11-25-19/h1-8,11,14,16,24H,9-10,12-13,15H2,(H2,23,26). The first-order valence-electron chi connectivity index (χ1n) is 9.26. The molecule has 3 heterocycles. The smallest absolute Gasteiger partial charge is 0.124 e.